The Bertz CT molecular complexity index is 729. The van der Waals surface area contributed by atoms with Gasteiger partial charge in [-0.3, -0.25) is 4.55 Å². The zero-order valence-corrected chi connectivity index (χ0v) is 15.1. The molecule has 0 aliphatic rings. The van der Waals surface area contributed by atoms with Gasteiger partial charge in [0.2, 0.25) is 6.33 Å². The number of hydrogen-bond acceptors (Lipinski definition) is 2. The second-order valence-corrected chi connectivity index (χ2v) is 7.51. The molecule has 132 valence electrons. The van der Waals surface area contributed by atoms with E-state index in [1.54, 1.807) is 0 Å². The molecule has 0 fully saturated rings. The number of unbranched alkanes of at least 4 members (excludes halogenated alkanes) is 1. The molecule has 0 spiro atoms. The lowest BCUT2D eigenvalue weighted by molar-refractivity contribution is -0.700. The molecule has 1 N–H and O–H groups in total. The van der Waals surface area contributed by atoms with Crippen LogP contribution in [0.1, 0.15) is 25.3 Å². The highest BCUT2D eigenvalue weighted by molar-refractivity contribution is 7.83. The average molecular weight is 352 g/mol. The zero-order valence-electron chi connectivity index (χ0n) is 14.2. The molecule has 24 heavy (non-hydrogen) atoms. The SMILES string of the molecule is CCCCn1cc[n+](C[C@H](Cc2ccccc2)N(C)S(=O)(=O)O)c1. The zero-order chi connectivity index (χ0) is 17.6. The molecule has 0 amide bonds. The molecule has 2 aromatic rings. The van der Waals surface area contributed by atoms with Crippen molar-refractivity contribution in [2.24, 2.45) is 0 Å². The summed E-state index contributed by atoms with van der Waals surface area (Å²) in [5, 5.41) is 0. The van der Waals surface area contributed by atoms with E-state index in [2.05, 4.69) is 11.5 Å². The number of likely N-dealkylation sites (N-methyl/N-ethyl adjacent to an activating group) is 1. The van der Waals surface area contributed by atoms with Crippen LogP contribution in [0.25, 0.3) is 0 Å². The molecule has 1 heterocycles. The maximum absolute atomic E-state index is 11.6. The lowest BCUT2D eigenvalue weighted by Gasteiger charge is -2.23. The summed E-state index contributed by atoms with van der Waals surface area (Å²) < 4.78 is 37.6. The third-order valence-corrected chi connectivity index (χ3v) is 5.16. The molecule has 0 bridgehead atoms. The number of benzene rings is 1. The van der Waals surface area contributed by atoms with Crippen molar-refractivity contribution in [3.8, 4) is 0 Å². The second-order valence-electron chi connectivity index (χ2n) is 6.04. The summed E-state index contributed by atoms with van der Waals surface area (Å²) in [6.07, 6.45) is 8.66. The maximum Gasteiger partial charge on any atom is 0.336 e. The first kappa shape index (κ1) is 18.6. The fraction of sp³-hybridized carbons (Fsp3) is 0.471. The molecule has 0 saturated heterocycles. The minimum atomic E-state index is -4.24. The Morgan fingerprint density at radius 2 is 2.00 bits per heavy atom. The third-order valence-electron chi connectivity index (χ3n) is 4.13. The molecule has 1 aromatic carbocycles. The predicted molar refractivity (Wildman–Crippen MR) is 92.8 cm³/mol. The number of nitrogens with zero attached hydrogens (tertiary/aromatic N) is 3. The summed E-state index contributed by atoms with van der Waals surface area (Å²) in [6.45, 7) is 3.57. The van der Waals surface area contributed by atoms with Crippen LogP contribution in [0.15, 0.2) is 49.1 Å². The molecule has 1 atom stereocenters. The van der Waals surface area contributed by atoms with Crippen LogP contribution in [-0.4, -0.2) is 34.9 Å². The van der Waals surface area contributed by atoms with Gasteiger partial charge in [0.25, 0.3) is 0 Å². The van der Waals surface area contributed by atoms with Crippen molar-refractivity contribution in [3.05, 3.63) is 54.6 Å². The highest BCUT2D eigenvalue weighted by atomic mass is 32.2. The molecule has 0 aliphatic heterocycles. The van der Waals surface area contributed by atoms with Gasteiger partial charge < -0.3 is 0 Å². The van der Waals surface area contributed by atoms with Crippen molar-refractivity contribution in [3.63, 3.8) is 0 Å². The van der Waals surface area contributed by atoms with Crippen LogP contribution in [0.3, 0.4) is 0 Å². The third kappa shape index (κ3) is 5.43. The Hall–Kier alpha value is -1.70. The molecular weight excluding hydrogens is 326 g/mol. The summed E-state index contributed by atoms with van der Waals surface area (Å²) in [5.41, 5.74) is 1.03. The van der Waals surface area contributed by atoms with Gasteiger partial charge in [0.05, 0.1) is 12.6 Å². The van der Waals surface area contributed by atoms with Crippen LogP contribution in [-0.2, 0) is 29.8 Å². The number of aromatic nitrogens is 2. The highest BCUT2D eigenvalue weighted by Gasteiger charge is 2.27. The monoisotopic (exact) mass is 352 g/mol. The van der Waals surface area contributed by atoms with Crippen LogP contribution in [0.4, 0.5) is 0 Å². The molecule has 0 radical (unpaired) electrons. The largest absolute Gasteiger partial charge is 0.336 e. The standard InChI is InChI=1S/C17H25N3O3S/c1-3-4-10-19-11-12-20(15-19)14-17(18(2)24(21,22)23)13-16-8-6-5-7-9-16/h5-9,11-12,15,17H,3-4,10,13-14H2,1-2H3/p+1/t17-/m0/s1. The van der Waals surface area contributed by atoms with Crippen LogP contribution >= 0.6 is 0 Å². The van der Waals surface area contributed by atoms with Gasteiger partial charge in [-0.05, 0) is 18.4 Å². The summed E-state index contributed by atoms with van der Waals surface area (Å²) in [5.74, 6) is 0. The molecule has 0 saturated carbocycles. The fourth-order valence-corrected chi connectivity index (χ4v) is 3.16. The molecule has 0 aliphatic carbocycles. The van der Waals surface area contributed by atoms with Crippen molar-refractivity contribution in [2.75, 3.05) is 7.05 Å². The van der Waals surface area contributed by atoms with E-state index in [-0.39, 0.29) is 6.04 Å². The van der Waals surface area contributed by atoms with Crippen LogP contribution in [0, 0.1) is 0 Å². The quantitative estimate of drug-likeness (QED) is 0.554. The van der Waals surface area contributed by atoms with E-state index < -0.39 is 10.3 Å². The summed E-state index contributed by atoms with van der Waals surface area (Å²) >= 11 is 0. The van der Waals surface area contributed by atoms with Gasteiger partial charge in [0, 0.05) is 7.05 Å². The predicted octanol–water partition coefficient (Wildman–Crippen LogP) is 1.92. The number of imidazole rings is 1. The summed E-state index contributed by atoms with van der Waals surface area (Å²) in [6, 6.07) is 9.33. The van der Waals surface area contributed by atoms with Crippen LogP contribution < -0.4 is 4.57 Å². The van der Waals surface area contributed by atoms with Gasteiger partial charge >= 0.3 is 10.3 Å². The lowest BCUT2D eigenvalue weighted by atomic mass is 10.1. The lowest BCUT2D eigenvalue weighted by Crippen LogP contribution is -2.48. The van der Waals surface area contributed by atoms with Gasteiger partial charge in [0.15, 0.2) is 0 Å². The number of hydrogen-bond donors (Lipinski definition) is 1. The molecule has 1 aromatic heterocycles. The first-order valence-electron chi connectivity index (χ1n) is 8.19. The van der Waals surface area contributed by atoms with Crippen molar-refractivity contribution < 1.29 is 17.5 Å². The van der Waals surface area contributed by atoms with E-state index in [0.29, 0.717) is 13.0 Å². The Balaban J connectivity index is 2.14. The number of rotatable bonds is 9. The molecule has 0 unspecified atom stereocenters. The molecule has 6 nitrogen and oxygen atoms in total. The highest BCUT2D eigenvalue weighted by Crippen LogP contribution is 2.11. The summed E-state index contributed by atoms with van der Waals surface area (Å²) in [7, 11) is -2.82. The van der Waals surface area contributed by atoms with Crippen molar-refractivity contribution >= 4 is 10.3 Å². The Morgan fingerprint density at radius 1 is 1.29 bits per heavy atom. The maximum atomic E-state index is 11.6. The van der Waals surface area contributed by atoms with Crippen LogP contribution in [0.5, 0.6) is 0 Å². The van der Waals surface area contributed by atoms with E-state index in [0.717, 1.165) is 29.3 Å². The number of aryl methyl sites for hydroxylation is 1. The van der Waals surface area contributed by atoms with Crippen LogP contribution in [0.2, 0.25) is 0 Å². The van der Waals surface area contributed by atoms with E-state index in [9.17, 15) is 13.0 Å². The Kier molecular flexibility index (Phi) is 6.53. The molecule has 2 rings (SSSR count). The van der Waals surface area contributed by atoms with E-state index in [4.69, 9.17) is 0 Å². The first-order chi connectivity index (χ1) is 11.4. The van der Waals surface area contributed by atoms with Gasteiger partial charge in [-0.2, -0.15) is 12.7 Å². The van der Waals surface area contributed by atoms with E-state index >= 15 is 0 Å². The van der Waals surface area contributed by atoms with Crippen molar-refractivity contribution in [1.29, 1.82) is 0 Å². The second kappa shape index (κ2) is 8.41. The normalized spacial score (nSPS) is 13.3. The van der Waals surface area contributed by atoms with Gasteiger partial charge in [-0.1, -0.05) is 43.7 Å². The average Bonchev–Trinajstić information content (AvgIpc) is 2.99. The minimum Gasteiger partial charge on any atom is -0.273 e. The van der Waals surface area contributed by atoms with Gasteiger partial charge in [0.1, 0.15) is 18.9 Å². The van der Waals surface area contributed by atoms with Crippen molar-refractivity contribution in [1.82, 2.24) is 8.87 Å². The molecule has 7 heteroatoms. The van der Waals surface area contributed by atoms with Crippen molar-refractivity contribution in [2.45, 2.75) is 45.3 Å². The smallest absolute Gasteiger partial charge is 0.273 e. The topological polar surface area (TPSA) is 66.4 Å². The van der Waals surface area contributed by atoms with Gasteiger partial charge in [-0.25, -0.2) is 9.13 Å². The Labute approximate surface area is 144 Å². The fourth-order valence-electron chi connectivity index (χ4n) is 2.65. The van der Waals surface area contributed by atoms with Gasteiger partial charge in [-0.15, -0.1) is 0 Å². The minimum absolute atomic E-state index is 0.366. The summed E-state index contributed by atoms with van der Waals surface area (Å²) in [4.78, 5) is 0. The molecular formula is C17H26N3O3S+. The first-order valence-corrected chi connectivity index (χ1v) is 9.59. The van der Waals surface area contributed by atoms with E-state index in [1.807, 2.05) is 53.6 Å². The Morgan fingerprint density at radius 3 is 2.62 bits per heavy atom. The van der Waals surface area contributed by atoms with E-state index in [1.165, 1.54) is 7.05 Å².